The number of carbonyl (C=O) groups excluding carboxylic acids is 1. The van der Waals surface area contributed by atoms with Crippen molar-refractivity contribution >= 4 is 28.5 Å². The molecule has 0 bridgehead atoms. The highest BCUT2D eigenvalue weighted by Gasteiger charge is 2.23. The summed E-state index contributed by atoms with van der Waals surface area (Å²) in [4.78, 5) is 12.9. The Labute approximate surface area is 209 Å². The lowest BCUT2D eigenvalue weighted by molar-refractivity contribution is 0.0527. The van der Waals surface area contributed by atoms with Crippen LogP contribution in [0.1, 0.15) is 39.9 Å². The van der Waals surface area contributed by atoms with Crippen molar-refractivity contribution in [1.82, 2.24) is 14.3 Å². The van der Waals surface area contributed by atoms with E-state index in [0.29, 0.717) is 16.3 Å². The molecular weight excluding hydrogens is 466 g/mol. The summed E-state index contributed by atoms with van der Waals surface area (Å²) in [6, 6.07) is 13.7. The number of ether oxygens (including phenoxy) is 2. The Morgan fingerprint density at radius 1 is 1.09 bits per heavy atom. The number of hydrogen-bond acceptors (Lipinski definition) is 5. The first kappa shape index (κ1) is 24.8. The van der Waals surface area contributed by atoms with Gasteiger partial charge in [0.1, 0.15) is 18.5 Å². The molecule has 2 aromatic heterocycles. The van der Waals surface area contributed by atoms with Gasteiger partial charge in [0.05, 0.1) is 40.6 Å². The zero-order valence-corrected chi connectivity index (χ0v) is 21.4. The van der Waals surface area contributed by atoms with Crippen LogP contribution in [0.3, 0.4) is 0 Å². The van der Waals surface area contributed by atoms with Crippen LogP contribution < -0.4 is 4.74 Å². The summed E-state index contributed by atoms with van der Waals surface area (Å²) in [7, 11) is 0. The van der Waals surface area contributed by atoms with Crippen LogP contribution in [0.25, 0.3) is 16.6 Å². The van der Waals surface area contributed by atoms with Gasteiger partial charge in [-0.2, -0.15) is 5.10 Å². The van der Waals surface area contributed by atoms with Crippen LogP contribution in [0.2, 0.25) is 5.02 Å². The van der Waals surface area contributed by atoms with E-state index in [-0.39, 0.29) is 25.7 Å². The Morgan fingerprint density at radius 2 is 1.80 bits per heavy atom. The Balaban J connectivity index is 1.64. The molecule has 2 aromatic carbocycles. The molecule has 4 rings (SSSR count). The molecule has 8 heteroatoms. The molecule has 1 N–H and O–H groups in total. The highest BCUT2D eigenvalue weighted by molar-refractivity contribution is 6.31. The number of aliphatic hydroxyl groups excluding tert-OH is 1. The van der Waals surface area contributed by atoms with Crippen molar-refractivity contribution in [3.8, 4) is 11.4 Å². The lowest BCUT2D eigenvalue weighted by Gasteiger charge is -2.14. The number of hydrogen-bond donors (Lipinski definition) is 1. The van der Waals surface area contributed by atoms with E-state index < -0.39 is 6.10 Å². The summed E-state index contributed by atoms with van der Waals surface area (Å²) >= 11 is 6.20. The van der Waals surface area contributed by atoms with E-state index in [9.17, 15) is 9.90 Å². The number of fused-ring (bicyclic) bond motifs is 1. The van der Waals surface area contributed by atoms with Gasteiger partial charge in [0.2, 0.25) is 0 Å². The third kappa shape index (κ3) is 4.92. The summed E-state index contributed by atoms with van der Waals surface area (Å²) in [5.74, 6) is 0.175. The van der Waals surface area contributed by atoms with Crippen LogP contribution in [0.4, 0.5) is 0 Å². The largest absolute Gasteiger partial charge is 0.491 e. The van der Waals surface area contributed by atoms with Crippen LogP contribution >= 0.6 is 11.6 Å². The topological polar surface area (TPSA) is 78.5 Å². The third-order valence-electron chi connectivity index (χ3n) is 6.07. The fourth-order valence-corrected chi connectivity index (χ4v) is 4.41. The monoisotopic (exact) mass is 495 g/mol. The van der Waals surface area contributed by atoms with Gasteiger partial charge in [0.15, 0.2) is 0 Å². The molecule has 0 aliphatic rings. The van der Waals surface area contributed by atoms with Gasteiger partial charge in [-0.3, -0.25) is 4.68 Å². The average molecular weight is 496 g/mol. The number of esters is 1. The Bertz CT molecular complexity index is 1370. The van der Waals surface area contributed by atoms with E-state index in [0.717, 1.165) is 39.2 Å². The molecule has 184 valence electrons. The van der Waals surface area contributed by atoms with E-state index in [4.69, 9.17) is 21.1 Å². The first-order valence-electron chi connectivity index (χ1n) is 11.6. The predicted octanol–water partition coefficient (Wildman–Crippen LogP) is 5.33. The first-order valence-corrected chi connectivity index (χ1v) is 12.0. The first-order chi connectivity index (χ1) is 16.7. The van der Waals surface area contributed by atoms with E-state index in [2.05, 4.69) is 5.10 Å². The summed E-state index contributed by atoms with van der Waals surface area (Å²) in [6.07, 6.45) is -0.789. The van der Waals surface area contributed by atoms with Crippen LogP contribution in [-0.4, -0.2) is 44.7 Å². The molecule has 4 aromatic rings. The Hall–Kier alpha value is -3.29. The van der Waals surface area contributed by atoms with Crippen LogP contribution in [0.15, 0.2) is 42.5 Å². The number of rotatable bonds is 8. The lowest BCUT2D eigenvalue weighted by Crippen LogP contribution is -2.24. The van der Waals surface area contributed by atoms with Crippen molar-refractivity contribution < 1.29 is 19.4 Å². The van der Waals surface area contributed by atoms with Crippen molar-refractivity contribution in [2.75, 3.05) is 13.2 Å². The summed E-state index contributed by atoms with van der Waals surface area (Å²) < 4.78 is 15.0. The molecule has 0 saturated carbocycles. The zero-order chi connectivity index (χ0) is 25.3. The van der Waals surface area contributed by atoms with Gasteiger partial charge >= 0.3 is 5.97 Å². The molecule has 0 fully saturated rings. The van der Waals surface area contributed by atoms with Crippen LogP contribution in [-0.2, 0) is 11.3 Å². The number of carbonyl (C=O) groups is 1. The fourth-order valence-electron chi connectivity index (χ4n) is 4.27. The predicted molar refractivity (Wildman–Crippen MR) is 137 cm³/mol. The third-order valence-corrected chi connectivity index (χ3v) is 6.61. The maximum Gasteiger partial charge on any atom is 0.340 e. The number of nitrogens with zero attached hydrogens (tertiary/aromatic N) is 3. The average Bonchev–Trinajstić information content (AvgIpc) is 3.25. The SMILES string of the molecule is CCOC(=O)c1c(C)n(-c2ccc(C)cc2)c2ccc(OC[C@@H](O)Cn3nc(C)c(Cl)c3C)cc12. The van der Waals surface area contributed by atoms with Crippen molar-refractivity contribution in [2.45, 2.75) is 47.3 Å². The number of aryl methyl sites for hydroxylation is 2. The number of aromatic nitrogens is 3. The highest BCUT2D eigenvalue weighted by atomic mass is 35.5. The summed E-state index contributed by atoms with van der Waals surface area (Å²) in [5, 5.41) is 16.2. The smallest absolute Gasteiger partial charge is 0.340 e. The van der Waals surface area contributed by atoms with Gasteiger partial charge in [-0.25, -0.2) is 4.79 Å². The van der Waals surface area contributed by atoms with E-state index in [1.807, 2.05) is 74.7 Å². The highest BCUT2D eigenvalue weighted by Crippen LogP contribution is 2.33. The molecule has 0 spiro atoms. The molecule has 0 aliphatic carbocycles. The molecule has 35 heavy (non-hydrogen) atoms. The minimum absolute atomic E-state index is 0.0634. The molecule has 0 aliphatic heterocycles. The molecule has 2 heterocycles. The molecule has 1 atom stereocenters. The minimum atomic E-state index is -0.789. The summed E-state index contributed by atoms with van der Waals surface area (Å²) in [6.45, 7) is 10.0. The molecule has 0 saturated heterocycles. The number of benzene rings is 2. The second kappa shape index (κ2) is 10.1. The van der Waals surface area contributed by atoms with Crippen LogP contribution in [0, 0.1) is 27.7 Å². The number of aliphatic hydroxyl groups is 1. The second-order valence-corrected chi connectivity index (χ2v) is 9.04. The minimum Gasteiger partial charge on any atom is -0.491 e. The van der Waals surface area contributed by atoms with Gasteiger partial charge in [0, 0.05) is 16.8 Å². The fraction of sp³-hybridized carbons (Fsp3) is 0.333. The van der Waals surface area contributed by atoms with E-state index >= 15 is 0 Å². The summed E-state index contributed by atoms with van der Waals surface area (Å²) in [5.41, 5.74) is 5.82. The standard InChI is InChI=1S/C27H30ClN3O4/c1-6-34-27(33)25-18(4)31(20-9-7-16(2)8-10-20)24-12-11-22(13-23(24)25)35-15-21(32)14-30-19(5)26(28)17(3)29-30/h7-13,21,32H,6,14-15H2,1-5H3/t21-/m0/s1. The van der Waals surface area contributed by atoms with Gasteiger partial charge < -0.3 is 19.1 Å². The molecular formula is C27H30ClN3O4. The van der Waals surface area contributed by atoms with Crippen LogP contribution in [0.5, 0.6) is 5.75 Å². The van der Waals surface area contributed by atoms with Gasteiger partial charge in [-0.05, 0) is 65.0 Å². The van der Waals surface area contributed by atoms with Crippen molar-refractivity contribution in [3.05, 3.63) is 75.7 Å². The molecule has 0 amide bonds. The number of halogens is 1. The lowest BCUT2D eigenvalue weighted by atomic mass is 10.1. The second-order valence-electron chi connectivity index (χ2n) is 8.66. The maximum atomic E-state index is 12.9. The van der Waals surface area contributed by atoms with Gasteiger partial charge in [0.25, 0.3) is 0 Å². The van der Waals surface area contributed by atoms with Gasteiger partial charge in [-0.1, -0.05) is 29.3 Å². The Kier molecular flexibility index (Phi) is 7.19. The van der Waals surface area contributed by atoms with Gasteiger partial charge in [-0.15, -0.1) is 0 Å². The molecule has 0 radical (unpaired) electrons. The normalized spacial score (nSPS) is 12.2. The van der Waals surface area contributed by atoms with E-state index in [1.54, 1.807) is 11.6 Å². The molecule has 0 unspecified atom stereocenters. The zero-order valence-electron chi connectivity index (χ0n) is 20.6. The quantitative estimate of drug-likeness (QED) is 0.334. The molecule has 7 nitrogen and oxygen atoms in total. The van der Waals surface area contributed by atoms with E-state index in [1.165, 1.54) is 0 Å². The maximum absolute atomic E-state index is 12.9. The van der Waals surface area contributed by atoms with Crippen molar-refractivity contribution in [3.63, 3.8) is 0 Å². The Morgan fingerprint density at radius 3 is 2.43 bits per heavy atom. The van der Waals surface area contributed by atoms with Crippen molar-refractivity contribution in [2.24, 2.45) is 0 Å². The van der Waals surface area contributed by atoms with Crippen molar-refractivity contribution in [1.29, 1.82) is 0 Å².